The van der Waals surface area contributed by atoms with Gasteiger partial charge in [-0.25, -0.2) is 4.98 Å². The lowest BCUT2D eigenvalue weighted by molar-refractivity contribution is 0.353. The first kappa shape index (κ1) is 9.06. The highest BCUT2D eigenvalue weighted by molar-refractivity contribution is 7.13. The summed E-state index contributed by atoms with van der Waals surface area (Å²) in [5.41, 5.74) is 0.841. The molecule has 0 bridgehead atoms. The second kappa shape index (κ2) is 3.75. The molecule has 15 heavy (non-hydrogen) atoms. The van der Waals surface area contributed by atoms with Crippen molar-refractivity contribution in [1.29, 1.82) is 0 Å². The summed E-state index contributed by atoms with van der Waals surface area (Å²) in [6, 6.07) is 2.33. The van der Waals surface area contributed by atoms with Crippen molar-refractivity contribution in [3.8, 4) is 10.7 Å². The van der Waals surface area contributed by atoms with Crippen molar-refractivity contribution in [2.24, 2.45) is 0 Å². The summed E-state index contributed by atoms with van der Waals surface area (Å²) in [6.45, 7) is 1.07. The molecule has 1 aliphatic rings. The van der Waals surface area contributed by atoms with Crippen molar-refractivity contribution in [3.63, 3.8) is 0 Å². The SMILES string of the molecule is c1csc(-c2cc(C3CCCN3)on2)n1. The molecule has 1 aliphatic heterocycles. The molecule has 2 aromatic heterocycles. The smallest absolute Gasteiger partial charge is 0.154 e. The normalized spacial score (nSPS) is 20.9. The third-order valence-electron chi connectivity index (χ3n) is 2.58. The van der Waals surface area contributed by atoms with Crippen LogP contribution in [0.1, 0.15) is 24.6 Å². The quantitative estimate of drug-likeness (QED) is 0.844. The fraction of sp³-hybridized carbons (Fsp3) is 0.400. The summed E-state index contributed by atoms with van der Waals surface area (Å²) in [5.74, 6) is 0.928. The summed E-state index contributed by atoms with van der Waals surface area (Å²) in [7, 11) is 0. The summed E-state index contributed by atoms with van der Waals surface area (Å²) in [4.78, 5) is 4.20. The summed E-state index contributed by atoms with van der Waals surface area (Å²) >= 11 is 1.58. The molecule has 3 rings (SSSR count). The van der Waals surface area contributed by atoms with E-state index in [1.54, 1.807) is 17.5 Å². The Hall–Kier alpha value is -1.20. The van der Waals surface area contributed by atoms with Crippen LogP contribution < -0.4 is 5.32 Å². The van der Waals surface area contributed by atoms with Gasteiger partial charge in [0.25, 0.3) is 0 Å². The van der Waals surface area contributed by atoms with Gasteiger partial charge in [0.1, 0.15) is 10.7 Å². The maximum Gasteiger partial charge on any atom is 0.154 e. The van der Waals surface area contributed by atoms with E-state index in [1.807, 2.05) is 11.4 Å². The maximum atomic E-state index is 5.33. The zero-order valence-corrected chi connectivity index (χ0v) is 8.96. The second-order valence-electron chi connectivity index (χ2n) is 3.60. The van der Waals surface area contributed by atoms with E-state index in [4.69, 9.17) is 4.52 Å². The van der Waals surface area contributed by atoms with Crippen molar-refractivity contribution < 1.29 is 4.52 Å². The molecule has 2 aromatic rings. The second-order valence-corrected chi connectivity index (χ2v) is 4.50. The molecule has 4 nitrogen and oxygen atoms in total. The van der Waals surface area contributed by atoms with Crippen molar-refractivity contribution >= 4 is 11.3 Å². The Bertz CT molecular complexity index is 431. The Morgan fingerprint density at radius 1 is 1.53 bits per heavy atom. The molecule has 1 unspecified atom stereocenters. The van der Waals surface area contributed by atoms with Crippen molar-refractivity contribution in [2.75, 3.05) is 6.54 Å². The van der Waals surface area contributed by atoms with Crippen LogP contribution in [0.4, 0.5) is 0 Å². The van der Waals surface area contributed by atoms with Crippen LogP contribution in [-0.4, -0.2) is 16.7 Å². The van der Waals surface area contributed by atoms with E-state index in [-0.39, 0.29) is 0 Å². The van der Waals surface area contributed by atoms with Gasteiger partial charge in [-0.3, -0.25) is 0 Å². The van der Waals surface area contributed by atoms with Crippen molar-refractivity contribution in [1.82, 2.24) is 15.5 Å². The number of aromatic nitrogens is 2. The van der Waals surface area contributed by atoms with Gasteiger partial charge < -0.3 is 9.84 Å². The Morgan fingerprint density at radius 2 is 2.53 bits per heavy atom. The van der Waals surface area contributed by atoms with Gasteiger partial charge in [0, 0.05) is 17.6 Å². The van der Waals surface area contributed by atoms with Crippen LogP contribution in [0.25, 0.3) is 10.7 Å². The molecule has 0 aromatic carbocycles. The highest BCUT2D eigenvalue weighted by Gasteiger charge is 2.21. The lowest BCUT2D eigenvalue weighted by Crippen LogP contribution is -2.11. The Balaban J connectivity index is 1.87. The van der Waals surface area contributed by atoms with E-state index in [0.717, 1.165) is 29.4 Å². The maximum absolute atomic E-state index is 5.33. The lowest BCUT2D eigenvalue weighted by Gasteiger charge is -2.02. The van der Waals surface area contributed by atoms with Crippen LogP contribution in [0.3, 0.4) is 0 Å². The average Bonchev–Trinajstić information content (AvgIpc) is 3.02. The predicted molar refractivity (Wildman–Crippen MR) is 57.6 cm³/mol. The fourth-order valence-electron chi connectivity index (χ4n) is 1.83. The van der Waals surface area contributed by atoms with Gasteiger partial charge in [0.05, 0.1) is 6.04 Å². The lowest BCUT2D eigenvalue weighted by atomic mass is 10.2. The van der Waals surface area contributed by atoms with Gasteiger partial charge in [0.15, 0.2) is 5.76 Å². The summed E-state index contributed by atoms with van der Waals surface area (Å²) < 4.78 is 5.33. The van der Waals surface area contributed by atoms with Gasteiger partial charge >= 0.3 is 0 Å². The molecule has 1 N–H and O–H groups in total. The molecule has 78 valence electrons. The molecule has 1 atom stereocenters. The van der Waals surface area contributed by atoms with E-state index in [9.17, 15) is 0 Å². The molecule has 0 saturated carbocycles. The number of nitrogens with zero attached hydrogens (tertiary/aromatic N) is 2. The molecule has 3 heterocycles. The minimum Gasteiger partial charge on any atom is -0.359 e. The van der Waals surface area contributed by atoms with Gasteiger partial charge in [-0.05, 0) is 19.4 Å². The summed E-state index contributed by atoms with van der Waals surface area (Å²) in [5, 5.41) is 10.3. The average molecular weight is 221 g/mol. The number of thiazole rings is 1. The van der Waals surface area contributed by atoms with Gasteiger partial charge in [0.2, 0.25) is 0 Å². The summed E-state index contributed by atoms with van der Waals surface area (Å²) in [6.07, 6.45) is 4.12. The van der Waals surface area contributed by atoms with Crippen molar-refractivity contribution in [3.05, 3.63) is 23.4 Å². The number of rotatable bonds is 2. The molecule has 5 heteroatoms. The molecule has 0 aliphatic carbocycles. The van der Waals surface area contributed by atoms with Crippen LogP contribution >= 0.6 is 11.3 Å². The standard InChI is InChI=1S/C10H11N3OS/c1-2-7(11-3-1)9-6-8(13-14-9)10-12-4-5-15-10/h4-7,11H,1-3H2. The largest absolute Gasteiger partial charge is 0.359 e. The molecule has 1 fully saturated rings. The number of nitrogens with one attached hydrogen (secondary N) is 1. The topological polar surface area (TPSA) is 51.0 Å². The van der Waals surface area contributed by atoms with E-state index in [2.05, 4.69) is 15.5 Å². The molecule has 0 amide bonds. The Labute approximate surface area is 91.3 Å². The van der Waals surface area contributed by atoms with Gasteiger partial charge in [-0.2, -0.15) is 0 Å². The zero-order valence-electron chi connectivity index (χ0n) is 8.14. The van der Waals surface area contributed by atoms with Crippen LogP contribution in [0.5, 0.6) is 0 Å². The van der Waals surface area contributed by atoms with Crippen molar-refractivity contribution in [2.45, 2.75) is 18.9 Å². The van der Waals surface area contributed by atoms with Gasteiger partial charge in [-0.1, -0.05) is 5.16 Å². The molecule has 0 radical (unpaired) electrons. The monoisotopic (exact) mass is 221 g/mol. The zero-order chi connectivity index (χ0) is 10.1. The van der Waals surface area contributed by atoms with E-state index in [1.165, 1.54) is 6.42 Å². The predicted octanol–water partition coefficient (Wildman–Crippen LogP) is 2.22. The van der Waals surface area contributed by atoms with Crippen LogP contribution in [0.2, 0.25) is 0 Å². The third-order valence-corrected chi connectivity index (χ3v) is 3.38. The first-order valence-corrected chi connectivity index (χ1v) is 5.91. The van der Waals surface area contributed by atoms with Gasteiger partial charge in [-0.15, -0.1) is 11.3 Å². The van der Waals surface area contributed by atoms with E-state index in [0.29, 0.717) is 6.04 Å². The Morgan fingerprint density at radius 3 is 3.27 bits per heavy atom. The van der Waals surface area contributed by atoms with Crippen LogP contribution in [0, 0.1) is 0 Å². The minimum absolute atomic E-state index is 0.339. The highest BCUT2D eigenvalue weighted by Crippen LogP contribution is 2.27. The van der Waals surface area contributed by atoms with E-state index < -0.39 is 0 Å². The van der Waals surface area contributed by atoms with Crippen LogP contribution in [0.15, 0.2) is 22.2 Å². The minimum atomic E-state index is 0.339. The third kappa shape index (κ3) is 1.68. The number of hydrogen-bond donors (Lipinski definition) is 1. The van der Waals surface area contributed by atoms with Crippen LogP contribution in [-0.2, 0) is 0 Å². The molecule has 0 spiro atoms. The molecular formula is C10H11N3OS. The Kier molecular flexibility index (Phi) is 2.26. The van der Waals surface area contributed by atoms with E-state index >= 15 is 0 Å². The molecule has 1 saturated heterocycles. The first-order valence-electron chi connectivity index (χ1n) is 5.03. The highest BCUT2D eigenvalue weighted by atomic mass is 32.1. The fourth-order valence-corrected chi connectivity index (χ4v) is 2.42. The first-order chi connectivity index (χ1) is 7.43. The molecular weight excluding hydrogens is 210 g/mol. The number of hydrogen-bond acceptors (Lipinski definition) is 5.